The molecule has 0 radical (unpaired) electrons. The molecule has 0 saturated heterocycles. The van der Waals surface area contributed by atoms with Crippen molar-refractivity contribution in [2.45, 2.75) is 0 Å². The van der Waals surface area contributed by atoms with Crippen LogP contribution in [0.5, 0.6) is 0 Å². The fourth-order valence-corrected chi connectivity index (χ4v) is 1.94. The van der Waals surface area contributed by atoms with Crippen molar-refractivity contribution in [2.24, 2.45) is 0 Å². The Kier molecular flexibility index (Phi) is 2.51. The number of ether oxygens (including phenoxy) is 1. The average Bonchev–Trinajstić information content (AvgIpc) is 2.31. The van der Waals surface area contributed by atoms with Crippen molar-refractivity contribution in [3.8, 4) is 0 Å². The fraction of sp³-hybridized carbons (Fsp3) is 0.167. The van der Waals surface area contributed by atoms with Gasteiger partial charge in [-0.3, -0.25) is 0 Å². The van der Waals surface area contributed by atoms with Gasteiger partial charge in [-0.05, 0) is 22.0 Å². The van der Waals surface area contributed by atoms with E-state index in [9.17, 15) is 4.79 Å². The van der Waals surface area contributed by atoms with Gasteiger partial charge < -0.3 is 10.5 Å². The molecule has 0 bridgehead atoms. The summed E-state index contributed by atoms with van der Waals surface area (Å²) < 4.78 is 5.24. The number of esters is 1. The van der Waals surface area contributed by atoms with Gasteiger partial charge in [0, 0.05) is 0 Å². The van der Waals surface area contributed by atoms with Gasteiger partial charge in [-0.15, -0.1) is 11.3 Å². The summed E-state index contributed by atoms with van der Waals surface area (Å²) >= 11 is 4.39. The molecule has 2 N–H and O–H groups in total. The zero-order chi connectivity index (χ0) is 8.43. The molecule has 0 amide bonds. The lowest BCUT2D eigenvalue weighted by molar-refractivity contribution is 0.0606. The van der Waals surface area contributed by atoms with Crippen LogP contribution < -0.4 is 5.73 Å². The minimum absolute atomic E-state index is 0.354. The Balaban J connectivity index is 2.97. The van der Waals surface area contributed by atoms with Crippen molar-refractivity contribution in [1.29, 1.82) is 0 Å². The monoisotopic (exact) mass is 235 g/mol. The smallest absolute Gasteiger partial charge is 0.348 e. The molecule has 0 saturated carbocycles. The molecule has 0 unspecified atom stereocenters. The number of rotatable bonds is 1. The van der Waals surface area contributed by atoms with Crippen LogP contribution >= 0.6 is 27.3 Å². The number of halogens is 1. The van der Waals surface area contributed by atoms with Gasteiger partial charge in [0.15, 0.2) is 0 Å². The minimum atomic E-state index is -0.354. The van der Waals surface area contributed by atoms with Gasteiger partial charge in [0.2, 0.25) is 0 Å². The molecule has 0 spiro atoms. The van der Waals surface area contributed by atoms with E-state index in [2.05, 4.69) is 20.7 Å². The van der Waals surface area contributed by atoms with E-state index >= 15 is 0 Å². The highest BCUT2D eigenvalue weighted by molar-refractivity contribution is 9.10. The fourth-order valence-electron chi connectivity index (χ4n) is 0.584. The Morgan fingerprint density at radius 2 is 2.45 bits per heavy atom. The van der Waals surface area contributed by atoms with Gasteiger partial charge in [0.1, 0.15) is 9.88 Å². The Labute approximate surface area is 76.3 Å². The third-order valence-electron chi connectivity index (χ3n) is 1.10. The molecule has 1 heterocycles. The molecule has 0 aromatic carbocycles. The molecular formula is C6H6BrNO2S. The molecule has 3 nitrogen and oxygen atoms in total. The van der Waals surface area contributed by atoms with E-state index in [1.54, 1.807) is 6.07 Å². The Morgan fingerprint density at radius 1 is 1.82 bits per heavy atom. The van der Waals surface area contributed by atoms with Crippen molar-refractivity contribution < 1.29 is 9.53 Å². The number of nitrogen functional groups attached to an aromatic ring is 1. The third kappa shape index (κ3) is 1.72. The van der Waals surface area contributed by atoms with E-state index in [0.29, 0.717) is 9.88 Å². The van der Waals surface area contributed by atoms with Gasteiger partial charge in [-0.2, -0.15) is 0 Å². The minimum Gasteiger partial charge on any atom is -0.465 e. The molecule has 0 aliphatic carbocycles. The number of nitrogens with two attached hydrogens (primary N) is 1. The first kappa shape index (κ1) is 8.55. The Hall–Kier alpha value is -0.550. The van der Waals surface area contributed by atoms with Gasteiger partial charge in [0.25, 0.3) is 0 Å². The van der Waals surface area contributed by atoms with Crippen molar-refractivity contribution in [3.63, 3.8) is 0 Å². The second kappa shape index (κ2) is 3.23. The van der Waals surface area contributed by atoms with E-state index in [4.69, 9.17) is 5.73 Å². The topological polar surface area (TPSA) is 52.3 Å². The van der Waals surface area contributed by atoms with Crippen LogP contribution in [0.4, 0.5) is 5.00 Å². The lowest BCUT2D eigenvalue weighted by atomic mass is 10.5. The number of methoxy groups -OCH3 is 1. The molecule has 1 aromatic rings. The SMILES string of the molecule is COC(=O)c1cc(Br)c(N)s1. The summed E-state index contributed by atoms with van der Waals surface area (Å²) in [5, 5.41) is 0.588. The lowest BCUT2D eigenvalue weighted by Crippen LogP contribution is -1.96. The molecule has 0 aliphatic rings. The molecule has 5 heteroatoms. The normalized spacial score (nSPS) is 9.64. The quantitative estimate of drug-likeness (QED) is 0.757. The zero-order valence-corrected chi connectivity index (χ0v) is 8.16. The number of hydrogen-bond donors (Lipinski definition) is 1. The molecule has 1 aromatic heterocycles. The second-order valence-corrected chi connectivity index (χ2v) is 3.75. The number of carbonyl (C=O) groups excluding carboxylic acids is 1. The van der Waals surface area contributed by atoms with E-state index in [1.807, 2.05) is 0 Å². The van der Waals surface area contributed by atoms with E-state index in [1.165, 1.54) is 18.4 Å². The van der Waals surface area contributed by atoms with Crippen LogP contribution in [0.1, 0.15) is 9.67 Å². The van der Waals surface area contributed by atoms with E-state index in [-0.39, 0.29) is 5.97 Å². The van der Waals surface area contributed by atoms with E-state index < -0.39 is 0 Å². The Morgan fingerprint density at radius 3 is 2.82 bits per heavy atom. The highest BCUT2D eigenvalue weighted by atomic mass is 79.9. The molecule has 1 rings (SSSR count). The highest BCUT2D eigenvalue weighted by Crippen LogP contribution is 2.29. The van der Waals surface area contributed by atoms with Gasteiger partial charge in [0.05, 0.1) is 11.6 Å². The van der Waals surface area contributed by atoms with Gasteiger partial charge >= 0.3 is 5.97 Å². The zero-order valence-electron chi connectivity index (χ0n) is 5.76. The van der Waals surface area contributed by atoms with Crippen LogP contribution in [0.15, 0.2) is 10.5 Å². The number of carbonyl (C=O) groups is 1. The predicted molar refractivity (Wildman–Crippen MR) is 47.8 cm³/mol. The van der Waals surface area contributed by atoms with Crippen molar-refractivity contribution in [1.82, 2.24) is 0 Å². The summed E-state index contributed by atoms with van der Waals surface area (Å²) in [5.74, 6) is -0.354. The van der Waals surface area contributed by atoms with Gasteiger partial charge in [-0.25, -0.2) is 4.79 Å². The third-order valence-corrected chi connectivity index (χ3v) is 2.96. The standard InChI is InChI=1S/C6H6BrNO2S/c1-10-6(9)4-2-3(7)5(8)11-4/h2H,8H2,1H3. The van der Waals surface area contributed by atoms with Crippen LogP contribution in [0.25, 0.3) is 0 Å². The van der Waals surface area contributed by atoms with Crippen LogP contribution in [0, 0.1) is 0 Å². The first-order chi connectivity index (χ1) is 5.15. The largest absolute Gasteiger partial charge is 0.465 e. The highest BCUT2D eigenvalue weighted by Gasteiger charge is 2.10. The molecule has 0 atom stereocenters. The first-order valence-corrected chi connectivity index (χ1v) is 4.39. The number of hydrogen-bond acceptors (Lipinski definition) is 4. The molecule has 11 heavy (non-hydrogen) atoms. The van der Waals surface area contributed by atoms with Crippen molar-refractivity contribution >= 4 is 38.2 Å². The van der Waals surface area contributed by atoms with E-state index in [0.717, 1.165) is 4.47 Å². The molecule has 60 valence electrons. The summed E-state index contributed by atoms with van der Waals surface area (Å²) in [4.78, 5) is 11.4. The average molecular weight is 236 g/mol. The summed E-state index contributed by atoms with van der Waals surface area (Å²) in [6.45, 7) is 0. The number of anilines is 1. The lowest BCUT2D eigenvalue weighted by Gasteiger charge is -1.90. The van der Waals surface area contributed by atoms with Crippen LogP contribution in [-0.2, 0) is 4.74 Å². The van der Waals surface area contributed by atoms with Crippen molar-refractivity contribution in [3.05, 3.63) is 15.4 Å². The molecule has 0 fully saturated rings. The number of thiophene rings is 1. The summed E-state index contributed by atoms with van der Waals surface area (Å²) in [7, 11) is 1.34. The second-order valence-electron chi connectivity index (χ2n) is 1.81. The first-order valence-electron chi connectivity index (χ1n) is 2.78. The van der Waals surface area contributed by atoms with Crippen LogP contribution in [0.3, 0.4) is 0 Å². The summed E-state index contributed by atoms with van der Waals surface area (Å²) in [5.41, 5.74) is 5.50. The molecular weight excluding hydrogens is 230 g/mol. The summed E-state index contributed by atoms with van der Waals surface area (Å²) in [6, 6.07) is 1.64. The maximum Gasteiger partial charge on any atom is 0.348 e. The maximum absolute atomic E-state index is 10.9. The van der Waals surface area contributed by atoms with Crippen LogP contribution in [-0.4, -0.2) is 13.1 Å². The molecule has 0 aliphatic heterocycles. The predicted octanol–water partition coefficient (Wildman–Crippen LogP) is 1.88. The maximum atomic E-state index is 10.9. The van der Waals surface area contributed by atoms with Crippen molar-refractivity contribution in [2.75, 3.05) is 12.8 Å². The van der Waals surface area contributed by atoms with Gasteiger partial charge in [-0.1, -0.05) is 0 Å². The Bertz CT molecular complexity index is 265. The van der Waals surface area contributed by atoms with Crippen LogP contribution in [0.2, 0.25) is 0 Å². The summed E-state index contributed by atoms with van der Waals surface area (Å²) in [6.07, 6.45) is 0.